The summed E-state index contributed by atoms with van der Waals surface area (Å²) in [5, 5.41) is 141. The van der Waals surface area contributed by atoms with Crippen LogP contribution < -0.4 is 5.32 Å². The molecule has 326 valence electrons. The maximum absolute atomic E-state index is 11.9. The molecule has 0 unspecified atom stereocenters. The molecule has 25 atom stereocenters. The van der Waals surface area contributed by atoms with Crippen molar-refractivity contribution in [2.24, 2.45) is 0 Å². The van der Waals surface area contributed by atoms with Crippen LogP contribution in [0, 0.1) is 0 Å². The van der Waals surface area contributed by atoms with Crippen molar-refractivity contribution in [3.63, 3.8) is 0 Å². The highest BCUT2D eigenvalue weighted by Gasteiger charge is 2.56. The minimum atomic E-state index is -2.05. The maximum atomic E-state index is 11.9. The third-order valence-electron chi connectivity index (χ3n) is 10.6. The van der Waals surface area contributed by atoms with Gasteiger partial charge in [-0.2, -0.15) is 0 Å². The van der Waals surface area contributed by atoms with Gasteiger partial charge in [0.1, 0.15) is 104 Å². The van der Waals surface area contributed by atoms with E-state index in [4.69, 9.17) is 42.6 Å². The lowest BCUT2D eigenvalue weighted by molar-refractivity contribution is -0.395. The highest BCUT2D eigenvalue weighted by molar-refractivity contribution is 5.73. The van der Waals surface area contributed by atoms with Gasteiger partial charge in [0.2, 0.25) is 5.91 Å². The van der Waals surface area contributed by atoms with Crippen molar-refractivity contribution in [1.29, 1.82) is 0 Å². The highest BCUT2D eigenvalue weighted by atomic mass is 16.8. The first-order chi connectivity index (χ1) is 26.3. The van der Waals surface area contributed by atoms with Crippen molar-refractivity contribution in [2.45, 2.75) is 181 Å². The number of nitrogens with one attached hydrogen (secondary N) is 1. The van der Waals surface area contributed by atoms with Crippen molar-refractivity contribution in [3.8, 4) is 0 Å². The van der Waals surface area contributed by atoms with E-state index in [1.165, 1.54) is 20.8 Å². The predicted molar refractivity (Wildman–Crippen MR) is 174 cm³/mol. The van der Waals surface area contributed by atoms with E-state index in [1.54, 1.807) is 0 Å². The second-order valence-corrected chi connectivity index (χ2v) is 14.6. The monoisotopic (exact) mass is 821 g/mol. The van der Waals surface area contributed by atoms with Crippen molar-refractivity contribution >= 4 is 5.91 Å². The summed E-state index contributed by atoms with van der Waals surface area (Å²) in [5.41, 5.74) is 0. The zero-order valence-electron chi connectivity index (χ0n) is 30.7. The van der Waals surface area contributed by atoms with Crippen LogP contribution in [0.2, 0.25) is 0 Å². The van der Waals surface area contributed by atoms with Crippen LogP contribution in [-0.2, 0) is 47.4 Å². The van der Waals surface area contributed by atoms with Crippen LogP contribution in [0.25, 0.3) is 0 Å². The molecule has 5 fully saturated rings. The molecule has 14 N–H and O–H groups in total. The Morgan fingerprint density at radius 1 is 0.464 bits per heavy atom. The Morgan fingerprint density at radius 2 is 0.875 bits per heavy atom. The summed E-state index contributed by atoms with van der Waals surface area (Å²) in [7, 11) is 0. The molecule has 5 aliphatic rings. The highest BCUT2D eigenvalue weighted by Crippen LogP contribution is 2.36. The van der Waals surface area contributed by atoms with Gasteiger partial charge in [0.05, 0.1) is 31.5 Å². The molecule has 24 nitrogen and oxygen atoms in total. The molecule has 56 heavy (non-hydrogen) atoms. The Morgan fingerprint density at radius 3 is 1.45 bits per heavy atom. The lowest BCUT2D eigenvalue weighted by atomic mass is 9.95. The van der Waals surface area contributed by atoms with Crippen molar-refractivity contribution < 1.29 is 114 Å². The minimum Gasteiger partial charge on any atom is -0.394 e. The smallest absolute Gasteiger partial charge is 0.217 e. The molecule has 0 aromatic rings. The van der Waals surface area contributed by atoms with E-state index < -0.39 is 173 Å². The van der Waals surface area contributed by atoms with E-state index in [1.807, 2.05) is 0 Å². The number of rotatable bonds is 11. The molecule has 5 heterocycles. The topological polar surface area (TPSA) is 375 Å². The van der Waals surface area contributed by atoms with Crippen LogP contribution in [-0.4, -0.2) is 239 Å². The summed E-state index contributed by atoms with van der Waals surface area (Å²) in [6.07, 6.45) is -40.2. The van der Waals surface area contributed by atoms with E-state index in [-0.39, 0.29) is 0 Å². The number of carbonyl (C=O) groups is 1. The zero-order chi connectivity index (χ0) is 41.5. The fraction of sp³-hybridized carbons (Fsp3) is 0.969. The fourth-order valence-corrected chi connectivity index (χ4v) is 7.23. The molecular formula is C32H55NO23. The Labute approximate surface area is 319 Å². The fourth-order valence-electron chi connectivity index (χ4n) is 7.23. The Kier molecular flexibility index (Phi) is 15.4. The molecule has 0 spiro atoms. The zero-order valence-corrected chi connectivity index (χ0v) is 30.7. The van der Waals surface area contributed by atoms with Gasteiger partial charge < -0.3 is 114 Å². The molecule has 5 rings (SSSR count). The molecule has 0 aromatic carbocycles. The summed E-state index contributed by atoms with van der Waals surface area (Å²) >= 11 is 0. The van der Waals surface area contributed by atoms with Crippen LogP contribution in [0.15, 0.2) is 0 Å². The lowest BCUT2D eigenvalue weighted by Crippen LogP contribution is -2.68. The summed E-state index contributed by atoms with van der Waals surface area (Å²) in [4.78, 5) is 11.9. The first-order valence-corrected chi connectivity index (χ1v) is 18.2. The summed E-state index contributed by atoms with van der Waals surface area (Å²) < 4.78 is 50.8. The van der Waals surface area contributed by atoms with E-state index in [0.29, 0.717) is 0 Å². The third-order valence-corrected chi connectivity index (χ3v) is 10.6. The average molecular weight is 822 g/mol. The van der Waals surface area contributed by atoms with Gasteiger partial charge in [-0.05, 0) is 20.8 Å². The molecule has 1 amide bonds. The molecule has 24 heteroatoms. The molecule has 0 radical (unpaired) electrons. The first kappa shape index (κ1) is 45.7. The standard InChI is InChI=1S/C32H55NO23/c1-7-14(37)19(42)21(44)29(48-7)56-27-20(43)15(38)8(2)50-32(27)55-26-18(41)12(6-35)52-31(23(26)46)54-25-16(39)9(3)49-30(22(25)45)53-24-13(33-10(4)36)28(47)51-11(5-34)17(24)40/h7-9,11-32,34-35,37-47H,5-6H2,1-4H3,(H,33,36)/t7-,8-,9-,11+,12+,13+,14-,15+,16+,17+,18+,19+,20+,21+,22-,23-,24+,25+,26-,27-,28+,29-,30-,31+,32-/m0/s1. The quantitative estimate of drug-likeness (QED) is 0.0920. The van der Waals surface area contributed by atoms with Gasteiger partial charge in [0.15, 0.2) is 31.5 Å². The Balaban J connectivity index is 1.35. The van der Waals surface area contributed by atoms with E-state index in [0.717, 1.165) is 6.92 Å². The van der Waals surface area contributed by atoms with E-state index >= 15 is 0 Å². The van der Waals surface area contributed by atoms with E-state index in [9.17, 15) is 71.2 Å². The summed E-state index contributed by atoms with van der Waals surface area (Å²) in [6.45, 7) is 3.49. The molecule has 0 bridgehead atoms. The number of amides is 1. The summed E-state index contributed by atoms with van der Waals surface area (Å²) in [5.74, 6) is -0.665. The maximum Gasteiger partial charge on any atom is 0.217 e. The first-order valence-electron chi connectivity index (χ1n) is 18.2. The second-order valence-electron chi connectivity index (χ2n) is 14.6. The number of aliphatic hydroxyl groups excluding tert-OH is 13. The number of aliphatic hydroxyl groups is 13. The normalized spacial score (nSPS) is 53.1. The van der Waals surface area contributed by atoms with Gasteiger partial charge in [-0.1, -0.05) is 0 Å². The lowest BCUT2D eigenvalue weighted by Gasteiger charge is -2.49. The number of hydrogen-bond donors (Lipinski definition) is 14. The molecule has 0 saturated carbocycles. The largest absolute Gasteiger partial charge is 0.394 e. The van der Waals surface area contributed by atoms with Crippen molar-refractivity contribution in [1.82, 2.24) is 5.32 Å². The van der Waals surface area contributed by atoms with Crippen molar-refractivity contribution in [3.05, 3.63) is 0 Å². The second kappa shape index (κ2) is 18.9. The molecule has 5 saturated heterocycles. The van der Waals surface area contributed by atoms with Gasteiger partial charge in [-0.15, -0.1) is 0 Å². The molecule has 0 aliphatic carbocycles. The SMILES string of the molecule is CC(=O)N[C@@H]1[C@@H](O[C@@H]2O[C@@H](C)[C@@H](O)[C@@H](O[C@H]3O[C@H](CO)[C@@H](O)[C@H](O[C@@H]4O[C@@H](C)[C@@H](O)[C@@H](O)[C@@H]4O[C@@H]4O[C@@H](C)[C@H](O)[C@@H](O)[C@H]4O)[C@@H]3O)[C@@H]2O)[C@H](O)[C@@H](CO)O[C@H]1O. The predicted octanol–water partition coefficient (Wildman–Crippen LogP) is -8.70. The Bertz CT molecular complexity index is 1270. The molecule has 5 aliphatic heterocycles. The van der Waals surface area contributed by atoms with Crippen LogP contribution in [0.3, 0.4) is 0 Å². The number of ether oxygens (including phenoxy) is 9. The van der Waals surface area contributed by atoms with Crippen LogP contribution in [0.4, 0.5) is 0 Å². The molecule has 0 aromatic heterocycles. The van der Waals surface area contributed by atoms with Crippen LogP contribution in [0.5, 0.6) is 0 Å². The van der Waals surface area contributed by atoms with E-state index in [2.05, 4.69) is 5.32 Å². The minimum absolute atomic E-state index is 0.665. The van der Waals surface area contributed by atoms with Crippen LogP contribution in [0.1, 0.15) is 27.7 Å². The van der Waals surface area contributed by atoms with Gasteiger partial charge in [0, 0.05) is 6.92 Å². The van der Waals surface area contributed by atoms with Gasteiger partial charge in [0.25, 0.3) is 0 Å². The van der Waals surface area contributed by atoms with Gasteiger partial charge >= 0.3 is 0 Å². The third kappa shape index (κ3) is 9.31. The number of carbonyl (C=O) groups excluding carboxylic acids is 1. The average Bonchev–Trinajstić information content (AvgIpc) is 3.15. The molecular weight excluding hydrogens is 766 g/mol. The van der Waals surface area contributed by atoms with Crippen LogP contribution >= 0.6 is 0 Å². The summed E-state index contributed by atoms with van der Waals surface area (Å²) in [6, 6.07) is -1.44. The Hall–Kier alpha value is -1.41. The number of hydrogen-bond acceptors (Lipinski definition) is 23. The van der Waals surface area contributed by atoms with Gasteiger partial charge in [-0.3, -0.25) is 4.79 Å². The van der Waals surface area contributed by atoms with Crippen molar-refractivity contribution in [2.75, 3.05) is 13.2 Å². The van der Waals surface area contributed by atoms with Gasteiger partial charge in [-0.25, -0.2) is 0 Å².